The van der Waals surface area contributed by atoms with Crippen molar-refractivity contribution in [3.8, 4) is 11.4 Å². The van der Waals surface area contributed by atoms with Gasteiger partial charge in [-0.15, -0.1) is 5.10 Å². The van der Waals surface area contributed by atoms with Crippen molar-refractivity contribution >= 4 is 17.7 Å². The highest BCUT2D eigenvalue weighted by molar-refractivity contribution is 8.00. The second-order valence-electron chi connectivity index (χ2n) is 3.93. The van der Waals surface area contributed by atoms with Crippen molar-refractivity contribution in [2.45, 2.75) is 24.3 Å². The van der Waals surface area contributed by atoms with Gasteiger partial charge in [0.1, 0.15) is 5.25 Å². The quantitative estimate of drug-likeness (QED) is 0.828. The second kappa shape index (κ2) is 5.22. The molecule has 0 bridgehead atoms. The topological polar surface area (TPSA) is 78.9 Å². The highest BCUT2D eigenvalue weighted by atomic mass is 32.2. The molecule has 1 atom stereocenters. The molecule has 0 aliphatic carbocycles. The molecule has 0 aliphatic heterocycles. The molecule has 0 saturated carbocycles. The minimum absolute atomic E-state index is 0.445. The van der Waals surface area contributed by atoms with Crippen LogP contribution in [0, 0.1) is 6.92 Å². The largest absolute Gasteiger partial charge is 0.480 e. The lowest BCUT2D eigenvalue weighted by Crippen LogP contribution is -2.11. The smallest absolute Gasteiger partial charge is 0.316 e. The zero-order valence-electron chi connectivity index (χ0n) is 10.0. The minimum Gasteiger partial charge on any atom is -0.480 e. The van der Waals surface area contributed by atoms with Crippen molar-refractivity contribution in [3.05, 3.63) is 29.8 Å². The Labute approximate surface area is 109 Å². The molecular weight excluding hydrogens is 250 g/mol. The van der Waals surface area contributed by atoms with E-state index in [9.17, 15) is 4.79 Å². The molecule has 18 heavy (non-hydrogen) atoms. The van der Waals surface area contributed by atoms with E-state index >= 15 is 0 Å². The molecule has 0 spiro atoms. The molecule has 1 aromatic carbocycles. The Morgan fingerprint density at radius 1 is 1.39 bits per heavy atom. The summed E-state index contributed by atoms with van der Waals surface area (Å²) in [6.45, 7) is 3.62. The number of nitrogens with zero attached hydrogens (tertiary/aromatic N) is 2. The molecule has 2 rings (SSSR count). The van der Waals surface area contributed by atoms with Gasteiger partial charge in [0.15, 0.2) is 5.82 Å². The van der Waals surface area contributed by atoms with Crippen molar-refractivity contribution in [1.82, 2.24) is 15.2 Å². The number of H-pyrrole nitrogens is 1. The maximum absolute atomic E-state index is 10.7. The number of hydrogen-bond acceptors (Lipinski definition) is 4. The van der Waals surface area contributed by atoms with Gasteiger partial charge in [0.25, 0.3) is 0 Å². The van der Waals surface area contributed by atoms with Gasteiger partial charge < -0.3 is 5.11 Å². The first-order valence-electron chi connectivity index (χ1n) is 5.45. The first kappa shape index (κ1) is 12.6. The number of rotatable bonds is 4. The fourth-order valence-corrected chi connectivity index (χ4v) is 2.01. The molecule has 0 saturated heterocycles. The first-order valence-corrected chi connectivity index (χ1v) is 6.33. The number of hydrogen-bond donors (Lipinski definition) is 2. The summed E-state index contributed by atoms with van der Waals surface area (Å²) in [6.07, 6.45) is 0. The Morgan fingerprint density at radius 2 is 2.06 bits per heavy atom. The fourth-order valence-electron chi connectivity index (χ4n) is 1.35. The summed E-state index contributed by atoms with van der Waals surface area (Å²) in [4.78, 5) is 15.0. The van der Waals surface area contributed by atoms with Crippen LogP contribution in [0.25, 0.3) is 11.4 Å². The van der Waals surface area contributed by atoms with Crippen molar-refractivity contribution in [2.24, 2.45) is 0 Å². The maximum Gasteiger partial charge on any atom is 0.316 e. The van der Waals surface area contributed by atoms with Crippen molar-refractivity contribution in [1.29, 1.82) is 0 Å². The van der Waals surface area contributed by atoms with Gasteiger partial charge in [0, 0.05) is 5.56 Å². The number of aliphatic carboxylic acids is 1. The Morgan fingerprint density at radius 3 is 2.67 bits per heavy atom. The van der Waals surface area contributed by atoms with Gasteiger partial charge >= 0.3 is 5.97 Å². The molecule has 0 amide bonds. The Hall–Kier alpha value is -1.82. The third kappa shape index (κ3) is 2.89. The molecule has 1 heterocycles. The Bertz CT molecular complexity index is 551. The summed E-state index contributed by atoms with van der Waals surface area (Å²) in [5, 5.41) is 15.5. The van der Waals surface area contributed by atoms with E-state index in [0.717, 1.165) is 17.3 Å². The summed E-state index contributed by atoms with van der Waals surface area (Å²) < 4.78 is 0. The summed E-state index contributed by atoms with van der Waals surface area (Å²) in [7, 11) is 0. The van der Waals surface area contributed by atoms with Crippen LogP contribution in [0.3, 0.4) is 0 Å². The highest BCUT2D eigenvalue weighted by Gasteiger charge is 2.15. The number of carbonyl (C=O) groups is 1. The highest BCUT2D eigenvalue weighted by Crippen LogP contribution is 2.22. The normalized spacial score (nSPS) is 12.3. The molecule has 0 fully saturated rings. The molecule has 5 nitrogen and oxygen atoms in total. The number of thioether (sulfide) groups is 1. The third-order valence-electron chi connectivity index (χ3n) is 2.42. The van der Waals surface area contributed by atoms with Gasteiger partial charge in [-0.2, -0.15) is 0 Å². The molecule has 0 unspecified atom stereocenters. The van der Waals surface area contributed by atoms with Crippen LogP contribution in [-0.4, -0.2) is 31.5 Å². The van der Waals surface area contributed by atoms with E-state index in [1.165, 1.54) is 5.56 Å². The molecular formula is C12H13N3O2S. The van der Waals surface area contributed by atoms with E-state index < -0.39 is 11.2 Å². The van der Waals surface area contributed by atoms with Crippen molar-refractivity contribution in [2.75, 3.05) is 0 Å². The Kier molecular flexibility index (Phi) is 3.66. The van der Waals surface area contributed by atoms with Gasteiger partial charge in [-0.25, -0.2) is 4.98 Å². The molecule has 6 heteroatoms. The SMILES string of the molecule is Cc1ccc(-c2nc(S[C@@H](C)C(=O)O)n[nH]2)cc1. The van der Waals surface area contributed by atoms with Crippen LogP contribution in [0.15, 0.2) is 29.4 Å². The lowest BCUT2D eigenvalue weighted by Gasteiger charge is -2.00. The summed E-state index contributed by atoms with van der Waals surface area (Å²) in [5.41, 5.74) is 2.11. The van der Waals surface area contributed by atoms with Gasteiger partial charge in [-0.3, -0.25) is 9.89 Å². The minimum atomic E-state index is -0.873. The van der Waals surface area contributed by atoms with Crippen molar-refractivity contribution < 1.29 is 9.90 Å². The average molecular weight is 263 g/mol. The van der Waals surface area contributed by atoms with Crippen LogP contribution < -0.4 is 0 Å². The standard InChI is InChI=1S/C12H13N3O2S/c1-7-3-5-9(6-4-7)10-13-12(15-14-10)18-8(2)11(16)17/h3-6,8H,1-2H3,(H,16,17)(H,13,14,15)/t8-/m0/s1. The van der Waals surface area contributed by atoms with E-state index in [0.29, 0.717) is 11.0 Å². The van der Waals surface area contributed by atoms with E-state index in [1.807, 2.05) is 31.2 Å². The first-order chi connectivity index (χ1) is 8.56. The number of carboxylic acid groups (broad SMARTS) is 1. The predicted octanol–water partition coefficient (Wildman–Crippen LogP) is 2.35. The number of aromatic nitrogens is 3. The number of nitrogens with one attached hydrogen (secondary N) is 1. The molecule has 0 radical (unpaired) electrons. The third-order valence-corrected chi connectivity index (χ3v) is 3.37. The number of aryl methyl sites for hydroxylation is 1. The molecule has 1 aromatic heterocycles. The van der Waals surface area contributed by atoms with Crippen LogP contribution in [0.2, 0.25) is 0 Å². The average Bonchev–Trinajstić information content (AvgIpc) is 2.78. The lowest BCUT2D eigenvalue weighted by molar-refractivity contribution is -0.136. The lowest BCUT2D eigenvalue weighted by atomic mass is 10.1. The van der Waals surface area contributed by atoms with E-state index in [4.69, 9.17) is 5.11 Å². The van der Waals surface area contributed by atoms with Crippen LogP contribution in [-0.2, 0) is 4.79 Å². The van der Waals surface area contributed by atoms with E-state index in [-0.39, 0.29) is 0 Å². The van der Waals surface area contributed by atoms with Gasteiger partial charge in [-0.05, 0) is 13.8 Å². The second-order valence-corrected chi connectivity index (χ2v) is 5.24. The number of aromatic amines is 1. The summed E-state index contributed by atoms with van der Waals surface area (Å²) in [5.74, 6) is -0.225. The molecule has 2 aromatic rings. The number of benzene rings is 1. The van der Waals surface area contributed by atoms with Crippen LogP contribution in [0.5, 0.6) is 0 Å². The van der Waals surface area contributed by atoms with Crippen LogP contribution >= 0.6 is 11.8 Å². The molecule has 2 N–H and O–H groups in total. The van der Waals surface area contributed by atoms with Gasteiger partial charge in [0.05, 0.1) is 0 Å². The number of carboxylic acids is 1. The monoisotopic (exact) mass is 263 g/mol. The predicted molar refractivity (Wildman–Crippen MR) is 69.5 cm³/mol. The van der Waals surface area contributed by atoms with Crippen LogP contribution in [0.4, 0.5) is 0 Å². The molecule has 0 aliphatic rings. The summed E-state index contributed by atoms with van der Waals surface area (Å²) in [6, 6.07) is 7.88. The Balaban J connectivity index is 2.15. The maximum atomic E-state index is 10.7. The summed E-state index contributed by atoms with van der Waals surface area (Å²) >= 11 is 1.12. The van der Waals surface area contributed by atoms with Gasteiger partial charge in [-0.1, -0.05) is 41.6 Å². The van der Waals surface area contributed by atoms with E-state index in [2.05, 4.69) is 15.2 Å². The van der Waals surface area contributed by atoms with Gasteiger partial charge in [0.2, 0.25) is 5.16 Å². The zero-order chi connectivity index (χ0) is 13.1. The van der Waals surface area contributed by atoms with E-state index in [1.54, 1.807) is 6.92 Å². The van der Waals surface area contributed by atoms with Crippen LogP contribution in [0.1, 0.15) is 12.5 Å². The van der Waals surface area contributed by atoms with Crippen molar-refractivity contribution in [3.63, 3.8) is 0 Å². The zero-order valence-corrected chi connectivity index (χ0v) is 10.9. The molecule has 94 valence electrons. The fraction of sp³-hybridized carbons (Fsp3) is 0.250.